The Morgan fingerprint density at radius 1 is 1.44 bits per heavy atom. The highest BCUT2D eigenvalue weighted by molar-refractivity contribution is 5.92. The van der Waals surface area contributed by atoms with Crippen LogP contribution >= 0.6 is 12.4 Å². The van der Waals surface area contributed by atoms with Crippen LogP contribution in [0.3, 0.4) is 0 Å². The lowest BCUT2D eigenvalue weighted by molar-refractivity contribution is 0.0889. The molecule has 0 radical (unpaired) electrons. The number of rotatable bonds is 5. The zero-order chi connectivity index (χ0) is 12.9. The number of hydrogen-bond acceptors (Lipinski definition) is 4. The number of amides is 1. The van der Waals surface area contributed by atoms with E-state index in [0.717, 1.165) is 12.8 Å². The number of carbonyl (C=O) groups is 1. The Labute approximate surface area is 112 Å². The minimum atomic E-state index is -0.408. The van der Waals surface area contributed by atoms with E-state index in [2.05, 4.69) is 15.5 Å². The van der Waals surface area contributed by atoms with E-state index in [1.165, 1.54) is 12.1 Å². The standard InChI is InChI=1S/C11H18N4O2.ClH/c1-3-11(4-2,7-12)13-10(17)8-5-6-9(16)15-14-8;/h5-6H,3-4,7,12H2,1-2H3,(H,13,17)(H,15,16);1H. The Balaban J connectivity index is 0.00000289. The average molecular weight is 275 g/mol. The number of hydrogen-bond donors (Lipinski definition) is 3. The van der Waals surface area contributed by atoms with Crippen molar-refractivity contribution in [3.05, 3.63) is 28.2 Å². The molecule has 1 rings (SSSR count). The molecule has 1 aromatic heterocycles. The van der Waals surface area contributed by atoms with Gasteiger partial charge in [0.2, 0.25) is 0 Å². The Morgan fingerprint density at radius 3 is 2.44 bits per heavy atom. The van der Waals surface area contributed by atoms with Gasteiger partial charge in [-0.05, 0) is 18.9 Å². The van der Waals surface area contributed by atoms with Crippen molar-refractivity contribution in [2.45, 2.75) is 32.2 Å². The number of halogens is 1. The van der Waals surface area contributed by atoms with Gasteiger partial charge in [0.1, 0.15) is 5.69 Å². The number of nitrogens with zero attached hydrogens (tertiary/aromatic N) is 1. The molecular formula is C11H19ClN4O2. The molecule has 1 aromatic rings. The van der Waals surface area contributed by atoms with Crippen LogP contribution in [0.15, 0.2) is 16.9 Å². The van der Waals surface area contributed by atoms with Crippen molar-refractivity contribution in [1.82, 2.24) is 15.5 Å². The summed E-state index contributed by atoms with van der Waals surface area (Å²) in [5.41, 5.74) is 5.13. The first-order valence-electron chi connectivity index (χ1n) is 5.65. The highest BCUT2D eigenvalue weighted by Gasteiger charge is 2.27. The van der Waals surface area contributed by atoms with Crippen LogP contribution < -0.4 is 16.6 Å². The van der Waals surface area contributed by atoms with Gasteiger partial charge in [0.05, 0.1) is 5.54 Å². The Bertz CT molecular complexity index is 414. The number of aromatic nitrogens is 2. The first-order valence-corrected chi connectivity index (χ1v) is 5.65. The van der Waals surface area contributed by atoms with Crippen molar-refractivity contribution in [2.75, 3.05) is 6.54 Å². The topological polar surface area (TPSA) is 101 Å². The van der Waals surface area contributed by atoms with E-state index in [0.29, 0.717) is 6.54 Å². The monoisotopic (exact) mass is 274 g/mol. The largest absolute Gasteiger partial charge is 0.344 e. The van der Waals surface area contributed by atoms with Crippen LogP contribution in [-0.4, -0.2) is 28.2 Å². The second-order valence-electron chi connectivity index (χ2n) is 3.95. The molecular weight excluding hydrogens is 256 g/mol. The molecule has 0 aliphatic heterocycles. The van der Waals surface area contributed by atoms with Gasteiger partial charge in [-0.1, -0.05) is 13.8 Å². The van der Waals surface area contributed by atoms with E-state index in [-0.39, 0.29) is 29.6 Å². The molecule has 0 aliphatic rings. The Kier molecular flexibility index (Phi) is 6.57. The van der Waals surface area contributed by atoms with E-state index >= 15 is 0 Å². The summed E-state index contributed by atoms with van der Waals surface area (Å²) in [4.78, 5) is 22.7. The van der Waals surface area contributed by atoms with Crippen LogP contribution in [0.25, 0.3) is 0 Å². The molecule has 0 spiro atoms. The van der Waals surface area contributed by atoms with E-state index in [4.69, 9.17) is 5.73 Å². The number of nitrogens with two attached hydrogens (primary N) is 1. The molecule has 0 aliphatic carbocycles. The van der Waals surface area contributed by atoms with Crippen molar-refractivity contribution in [3.8, 4) is 0 Å². The lowest BCUT2D eigenvalue weighted by Gasteiger charge is -2.31. The molecule has 1 amide bonds. The molecule has 18 heavy (non-hydrogen) atoms. The summed E-state index contributed by atoms with van der Waals surface area (Å²) in [6.45, 7) is 4.31. The number of nitrogens with one attached hydrogen (secondary N) is 2. The molecule has 102 valence electrons. The highest BCUT2D eigenvalue weighted by Crippen LogP contribution is 2.13. The maximum atomic E-state index is 11.9. The van der Waals surface area contributed by atoms with Gasteiger partial charge in [0.15, 0.2) is 0 Å². The predicted molar refractivity (Wildman–Crippen MR) is 71.9 cm³/mol. The van der Waals surface area contributed by atoms with E-state index in [1.54, 1.807) is 0 Å². The summed E-state index contributed by atoms with van der Waals surface area (Å²) >= 11 is 0. The zero-order valence-electron chi connectivity index (χ0n) is 10.5. The minimum Gasteiger partial charge on any atom is -0.344 e. The van der Waals surface area contributed by atoms with Gasteiger partial charge in [-0.15, -0.1) is 12.4 Å². The lowest BCUT2D eigenvalue weighted by atomic mass is 9.93. The van der Waals surface area contributed by atoms with Gasteiger partial charge < -0.3 is 11.1 Å². The summed E-state index contributed by atoms with van der Waals surface area (Å²) in [5.74, 6) is -0.324. The first kappa shape index (κ1) is 16.6. The van der Waals surface area contributed by atoms with Gasteiger partial charge in [0.25, 0.3) is 11.5 Å². The van der Waals surface area contributed by atoms with Gasteiger partial charge in [-0.3, -0.25) is 9.59 Å². The van der Waals surface area contributed by atoms with Crippen LogP contribution in [0.2, 0.25) is 0 Å². The molecule has 0 atom stereocenters. The second-order valence-corrected chi connectivity index (χ2v) is 3.95. The average Bonchev–Trinajstić information content (AvgIpc) is 2.37. The second kappa shape index (κ2) is 7.13. The first-order chi connectivity index (χ1) is 8.06. The molecule has 0 saturated carbocycles. The molecule has 0 aromatic carbocycles. The van der Waals surface area contributed by atoms with Crippen LogP contribution in [0.1, 0.15) is 37.2 Å². The van der Waals surface area contributed by atoms with Gasteiger partial charge >= 0.3 is 0 Å². The fourth-order valence-corrected chi connectivity index (χ4v) is 1.54. The maximum absolute atomic E-state index is 11.9. The number of aromatic amines is 1. The predicted octanol–water partition coefficient (Wildman–Crippen LogP) is 0.439. The molecule has 1 heterocycles. The smallest absolute Gasteiger partial charge is 0.272 e. The molecule has 0 fully saturated rings. The summed E-state index contributed by atoms with van der Waals surface area (Å²) in [7, 11) is 0. The van der Waals surface area contributed by atoms with Gasteiger partial charge in [0, 0.05) is 12.6 Å². The fourth-order valence-electron chi connectivity index (χ4n) is 1.54. The summed E-state index contributed by atoms with van der Waals surface area (Å²) in [6.07, 6.45) is 1.49. The normalized spacial score (nSPS) is 10.6. The summed E-state index contributed by atoms with van der Waals surface area (Å²) in [5, 5.41) is 8.76. The molecule has 4 N–H and O–H groups in total. The number of carbonyl (C=O) groups excluding carboxylic acids is 1. The van der Waals surface area contributed by atoms with E-state index < -0.39 is 5.54 Å². The van der Waals surface area contributed by atoms with Crippen LogP contribution in [0.5, 0.6) is 0 Å². The number of H-pyrrole nitrogens is 1. The molecule has 0 bridgehead atoms. The SMILES string of the molecule is CCC(CC)(CN)NC(=O)c1ccc(=O)[nH]n1.Cl. The third kappa shape index (κ3) is 3.82. The van der Waals surface area contributed by atoms with Gasteiger partial charge in [-0.25, -0.2) is 5.10 Å². The summed E-state index contributed by atoms with van der Waals surface area (Å²) < 4.78 is 0. The van der Waals surface area contributed by atoms with Crippen LogP contribution in [0.4, 0.5) is 0 Å². The fraction of sp³-hybridized carbons (Fsp3) is 0.545. The molecule has 0 unspecified atom stereocenters. The van der Waals surface area contributed by atoms with Gasteiger partial charge in [-0.2, -0.15) is 5.10 Å². The maximum Gasteiger partial charge on any atom is 0.272 e. The minimum absolute atomic E-state index is 0. The Hall–Kier alpha value is -1.40. The molecule has 6 nitrogen and oxygen atoms in total. The van der Waals surface area contributed by atoms with Crippen LogP contribution in [-0.2, 0) is 0 Å². The summed E-state index contributed by atoms with van der Waals surface area (Å²) in [6, 6.07) is 2.66. The van der Waals surface area contributed by atoms with E-state index in [1.807, 2.05) is 13.8 Å². The highest BCUT2D eigenvalue weighted by atomic mass is 35.5. The van der Waals surface area contributed by atoms with Crippen LogP contribution in [0, 0.1) is 0 Å². The molecule has 7 heteroatoms. The Morgan fingerprint density at radius 2 is 2.06 bits per heavy atom. The molecule has 0 saturated heterocycles. The lowest BCUT2D eigenvalue weighted by Crippen LogP contribution is -2.53. The van der Waals surface area contributed by atoms with Crippen molar-refractivity contribution >= 4 is 18.3 Å². The van der Waals surface area contributed by atoms with Crippen molar-refractivity contribution in [1.29, 1.82) is 0 Å². The van der Waals surface area contributed by atoms with E-state index in [9.17, 15) is 9.59 Å². The third-order valence-electron chi connectivity index (χ3n) is 3.03. The zero-order valence-corrected chi connectivity index (χ0v) is 11.3. The van der Waals surface area contributed by atoms with Crippen molar-refractivity contribution in [2.24, 2.45) is 5.73 Å². The quantitative estimate of drug-likeness (QED) is 0.725. The van der Waals surface area contributed by atoms with Crippen molar-refractivity contribution in [3.63, 3.8) is 0 Å². The third-order valence-corrected chi connectivity index (χ3v) is 3.03. The van der Waals surface area contributed by atoms with Crippen molar-refractivity contribution < 1.29 is 4.79 Å².